The molecule has 2 N–H and O–H groups in total. The number of nitrogen functional groups attached to an aromatic ring is 1. The molecule has 0 radical (unpaired) electrons. The summed E-state index contributed by atoms with van der Waals surface area (Å²) in [5, 5.41) is 0. The molecule has 0 bridgehead atoms. The number of rotatable bonds is 5. The summed E-state index contributed by atoms with van der Waals surface area (Å²) in [5.41, 5.74) is 5.66. The second kappa shape index (κ2) is 5.70. The lowest BCUT2D eigenvalue weighted by Crippen LogP contribution is -2.26. The van der Waals surface area contributed by atoms with Crippen molar-refractivity contribution in [1.29, 1.82) is 0 Å². The summed E-state index contributed by atoms with van der Waals surface area (Å²) < 4.78 is 0.704. The summed E-state index contributed by atoms with van der Waals surface area (Å²) in [6.07, 6.45) is 2.86. The first-order valence-corrected chi connectivity index (χ1v) is 5.62. The molecule has 4 nitrogen and oxygen atoms in total. The summed E-state index contributed by atoms with van der Waals surface area (Å²) in [7, 11) is 0. The molecule has 0 unspecified atom stereocenters. The van der Waals surface area contributed by atoms with Crippen LogP contribution < -0.4 is 10.6 Å². The Morgan fingerprint density at radius 3 is 2.87 bits per heavy atom. The van der Waals surface area contributed by atoms with Crippen molar-refractivity contribution in [2.24, 2.45) is 0 Å². The fourth-order valence-corrected chi connectivity index (χ4v) is 1.66. The number of nitrogens with zero attached hydrogens (tertiary/aromatic N) is 3. The van der Waals surface area contributed by atoms with Gasteiger partial charge in [-0.15, -0.1) is 6.58 Å². The van der Waals surface area contributed by atoms with Crippen LogP contribution in [0.1, 0.15) is 13.3 Å². The zero-order valence-electron chi connectivity index (χ0n) is 8.78. The monoisotopic (exact) mass is 270 g/mol. The highest BCUT2D eigenvalue weighted by Gasteiger charge is 2.08. The van der Waals surface area contributed by atoms with Gasteiger partial charge >= 0.3 is 0 Å². The molecule has 1 rings (SSSR count). The van der Waals surface area contributed by atoms with Gasteiger partial charge in [0.15, 0.2) is 0 Å². The van der Waals surface area contributed by atoms with E-state index in [4.69, 9.17) is 5.73 Å². The van der Waals surface area contributed by atoms with Gasteiger partial charge in [-0.3, -0.25) is 0 Å². The quantitative estimate of drug-likeness (QED) is 0.659. The Labute approximate surface area is 98.3 Å². The Kier molecular flexibility index (Phi) is 4.55. The first-order valence-electron chi connectivity index (χ1n) is 4.83. The lowest BCUT2D eigenvalue weighted by Gasteiger charge is -2.20. The molecule has 0 saturated carbocycles. The first kappa shape index (κ1) is 12.0. The minimum absolute atomic E-state index is 0.469. The van der Waals surface area contributed by atoms with Crippen LogP contribution in [0.5, 0.6) is 0 Å². The van der Waals surface area contributed by atoms with Gasteiger partial charge in [-0.1, -0.05) is 13.0 Å². The molecule has 5 heteroatoms. The van der Waals surface area contributed by atoms with Crippen molar-refractivity contribution in [3.63, 3.8) is 0 Å². The van der Waals surface area contributed by atoms with E-state index in [2.05, 4.69) is 39.4 Å². The predicted molar refractivity (Wildman–Crippen MR) is 66.8 cm³/mol. The Morgan fingerprint density at radius 1 is 1.60 bits per heavy atom. The predicted octanol–water partition coefficient (Wildman–Crippen LogP) is 2.22. The lowest BCUT2D eigenvalue weighted by atomic mass is 10.4. The minimum Gasteiger partial charge on any atom is -0.383 e. The topological polar surface area (TPSA) is 55.0 Å². The highest BCUT2D eigenvalue weighted by Crippen LogP contribution is 2.15. The number of aromatic nitrogens is 2. The highest BCUT2D eigenvalue weighted by molar-refractivity contribution is 9.10. The van der Waals surface area contributed by atoms with Gasteiger partial charge < -0.3 is 10.6 Å². The molecule has 0 saturated heterocycles. The van der Waals surface area contributed by atoms with Crippen molar-refractivity contribution >= 4 is 27.7 Å². The zero-order chi connectivity index (χ0) is 11.3. The maximum Gasteiger partial charge on any atom is 0.228 e. The zero-order valence-corrected chi connectivity index (χ0v) is 10.4. The van der Waals surface area contributed by atoms with E-state index in [-0.39, 0.29) is 0 Å². The average Bonchev–Trinajstić information content (AvgIpc) is 2.16. The molecule has 15 heavy (non-hydrogen) atoms. The van der Waals surface area contributed by atoms with Crippen LogP contribution in [-0.4, -0.2) is 23.1 Å². The maximum absolute atomic E-state index is 5.66. The van der Waals surface area contributed by atoms with Crippen molar-refractivity contribution < 1.29 is 0 Å². The number of anilines is 2. The van der Waals surface area contributed by atoms with Crippen LogP contribution in [0.4, 0.5) is 11.8 Å². The molecule has 1 aromatic rings. The Balaban J connectivity index is 2.93. The van der Waals surface area contributed by atoms with Gasteiger partial charge in [0.2, 0.25) is 5.95 Å². The van der Waals surface area contributed by atoms with E-state index in [1.807, 2.05) is 11.0 Å². The third kappa shape index (κ3) is 3.51. The van der Waals surface area contributed by atoms with Crippen molar-refractivity contribution in [3.05, 3.63) is 23.3 Å². The number of halogens is 1. The molecule has 1 aromatic heterocycles. The fourth-order valence-electron chi connectivity index (χ4n) is 1.26. The molecule has 0 aliphatic rings. The van der Waals surface area contributed by atoms with E-state index in [0.717, 1.165) is 19.5 Å². The van der Waals surface area contributed by atoms with Crippen LogP contribution in [0.3, 0.4) is 0 Å². The highest BCUT2D eigenvalue weighted by atomic mass is 79.9. The van der Waals surface area contributed by atoms with Crippen LogP contribution in [0, 0.1) is 0 Å². The number of hydrogen-bond acceptors (Lipinski definition) is 4. The second-order valence-corrected chi connectivity index (χ2v) is 3.96. The van der Waals surface area contributed by atoms with Gasteiger partial charge in [-0.05, 0) is 22.4 Å². The van der Waals surface area contributed by atoms with Gasteiger partial charge in [0.05, 0.1) is 0 Å². The van der Waals surface area contributed by atoms with Crippen LogP contribution in [0.2, 0.25) is 0 Å². The molecule has 0 aliphatic carbocycles. The van der Waals surface area contributed by atoms with E-state index in [1.165, 1.54) is 0 Å². The molecule has 82 valence electrons. The van der Waals surface area contributed by atoms with Crippen molar-refractivity contribution in [1.82, 2.24) is 9.97 Å². The Hall–Kier alpha value is -1.10. The van der Waals surface area contributed by atoms with Crippen molar-refractivity contribution in [2.45, 2.75) is 13.3 Å². The van der Waals surface area contributed by atoms with E-state index >= 15 is 0 Å². The van der Waals surface area contributed by atoms with Crippen LogP contribution in [-0.2, 0) is 0 Å². The first-order chi connectivity index (χ1) is 7.17. The van der Waals surface area contributed by atoms with Gasteiger partial charge in [-0.25, -0.2) is 4.98 Å². The molecule has 0 fully saturated rings. The van der Waals surface area contributed by atoms with Crippen LogP contribution in [0.15, 0.2) is 23.3 Å². The Bertz CT molecular complexity index is 320. The Morgan fingerprint density at radius 2 is 2.33 bits per heavy atom. The average molecular weight is 271 g/mol. The SMILES string of the molecule is C=CCN(CCC)c1nc(N)cc(Br)n1. The standard InChI is InChI=1S/C10H15BrN4/c1-3-5-15(6-4-2)10-13-8(11)7-9(12)14-10/h3,7H,1,4-6H2,2H3,(H2,12,13,14). The number of nitrogens with two attached hydrogens (primary N) is 1. The van der Waals surface area contributed by atoms with Gasteiger partial charge in [0.1, 0.15) is 10.4 Å². The summed E-state index contributed by atoms with van der Waals surface area (Å²) in [5.74, 6) is 1.11. The second-order valence-electron chi connectivity index (χ2n) is 3.15. The van der Waals surface area contributed by atoms with E-state index < -0.39 is 0 Å². The molecule has 1 heterocycles. The minimum atomic E-state index is 0.469. The molecule has 0 spiro atoms. The molecule has 0 atom stereocenters. The van der Waals surface area contributed by atoms with Gasteiger partial charge in [0, 0.05) is 19.2 Å². The molecule has 0 aliphatic heterocycles. The van der Waals surface area contributed by atoms with Gasteiger partial charge in [-0.2, -0.15) is 4.98 Å². The lowest BCUT2D eigenvalue weighted by molar-refractivity contribution is 0.784. The van der Waals surface area contributed by atoms with Crippen molar-refractivity contribution in [3.8, 4) is 0 Å². The van der Waals surface area contributed by atoms with Gasteiger partial charge in [0.25, 0.3) is 0 Å². The summed E-state index contributed by atoms with van der Waals surface area (Å²) in [4.78, 5) is 10.5. The molecular weight excluding hydrogens is 256 g/mol. The fraction of sp³-hybridized carbons (Fsp3) is 0.400. The maximum atomic E-state index is 5.66. The van der Waals surface area contributed by atoms with E-state index in [1.54, 1.807) is 6.07 Å². The summed E-state index contributed by atoms with van der Waals surface area (Å²) in [6.45, 7) is 7.44. The molecular formula is C10H15BrN4. The summed E-state index contributed by atoms with van der Waals surface area (Å²) >= 11 is 3.30. The summed E-state index contributed by atoms with van der Waals surface area (Å²) in [6, 6.07) is 1.68. The third-order valence-electron chi connectivity index (χ3n) is 1.83. The van der Waals surface area contributed by atoms with E-state index in [9.17, 15) is 0 Å². The normalized spacial score (nSPS) is 10.0. The molecule has 0 aromatic carbocycles. The van der Waals surface area contributed by atoms with Crippen molar-refractivity contribution in [2.75, 3.05) is 23.7 Å². The van der Waals surface area contributed by atoms with Crippen LogP contribution >= 0.6 is 15.9 Å². The smallest absolute Gasteiger partial charge is 0.228 e. The molecule has 0 amide bonds. The largest absolute Gasteiger partial charge is 0.383 e. The third-order valence-corrected chi connectivity index (χ3v) is 2.23. The van der Waals surface area contributed by atoms with Crippen LogP contribution in [0.25, 0.3) is 0 Å². The number of hydrogen-bond donors (Lipinski definition) is 1. The van der Waals surface area contributed by atoms with E-state index in [0.29, 0.717) is 16.4 Å².